The second-order valence-corrected chi connectivity index (χ2v) is 3.97. The Bertz CT molecular complexity index is 296. The summed E-state index contributed by atoms with van der Waals surface area (Å²) in [5.41, 5.74) is 1.31. The first-order chi connectivity index (χ1) is 6.95. The lowest BCUT2D eigenvalue weighted by Crippen LogP contribution is -2.42. The molecular weight excluding hydrogens is 178 g/mol. The highest BCUT2D eigenvalue weighted by molar-refractivity contribution is 5.35. The molecule has 0 saturated carbocycles. The Morgan fingerprint density at radius 1 is 1.29 bits per heavy atom. The number of fused-ring (bicyclic) bond motifs is 2. The molecule has 3 nitrogen and oxygen atoms in total. The molecule has 1 N–H and O–H groups in total. The molecule has 3 rings (SSSR count). The minimum atomic E-state index is 0.222. The van der Waals surface area contributed by atoms with Crippen molar-refractivity contribution in [2.75, 3.05) is 19.8 Å². The zero-order valence-corrected chi connectivity index (χ0v) is 8.16. The summed E-state index contributed by atoms with van der Waals surface area (Å²) in [6.07, 6.45) is 6.82. The first-order valence-corrected chi connectivity index (χ1v) is 5.33. The van der Waals surface area contributed by atoms with Crippen molar-refractivity contribution in [3.05, 3.63) is 23.5 Å². The smallest absolute Gasteiger partial charge is 0.130 e. The Labute approximate surface area is 83.8 Å². The molecule has 3 aliphatic rings. The maximum Gasteiger partial charge on any atom is 0.130 e. The van der Waals surface area contributed by atoms with Gasteiger partial charge in [-0.05, 0) is 12.8 Å². The molecule has 0 aromatic carbocycles. The monoisotopic (exact) mass is 193 g/mol. The summed E-state index contributed by atoms with van der Waals surface area (Å²) in [5.74, 6) is 1.08. The van der Waals surface area contributed by atoms with E-state index in [2.05, 4.69) is 17.5 Å². The molecule has 1 saturated heterocycles. The fraction of sp³-hybridized carbons (Fsp3) is 0.636. The summed E-state index contributed by atoms with van der Waals surface area (Å²) in [5, 5.41) is 3.47. The highest BCUT2D eigenvalue weighted by Gasteiger charge is 2.33. The van der Waals surface area contributed by atoms with Crippen molar-refractivity contribution in [2.24, 2.45) is 0 Å². The molecule has 0 aromatic rings. The predicted molar refractivity (Wildman–Crippen MR) is 52.9 cm³/mol. The first-order valence-electron chi connectivity index (χ1n) is 5.33. The Kier molecular flexibility index (Phi) is 2.07. The van der Waals surface area contributed by atoms with Gasteiger partial charge < -0.3 is 14.8 Å². The van der Waals surface area contributed by atoms with E-state index in [0.717, 1.165) is 31.8 Å². The van der Waals surface area contributed by atoms with Crippen molar-refractivity contribution in [1.82, 2.24) is 5.32 Å². The van der Waals surface area contributed by atoms with Crippen LogP contribution in [0.3, 0.4) is 0 Å². The lowest BCUT2D eigenvalue weighted by molar-refractivity contribution is -0.0532. The molecule has 2 atom stereocenters. The van der Waals surface area contributed by atoms with Crippen LogP contribution in [0.5, 0.6) is 0 Å². The number of rotatable bonds is 0. The molecule has 2 heterocycles. The third-order valence-corrected chi connectivity index (χ3v) is 3.11. The van der Waals surface area contributed by atoms with Gasteiger partial charge in [-0.15, -0.1) is 0 Å². The van der Waals surface area contributed by atoms with Crippen LogP contribution in [0.4, 0.5) is 0 Å². The largest absolute Gasteiger partial charge is 0.492 e. The standard InChI is InChI=1S/C11H15NO2/c1-2-8-9(12-5-1)3-4-10-11(8)14-7-6-13-10/h1-2,9-10,12H,3-7H2. The highest BCUT2D eigenvalue weighted by Crippen LogP contribution is 2.32. The molecule has 14 heavy (non-hydrogen) atoms. The Morgan fingerprint density at radius 3 is 3.29 bits per heavy atom. The molecule has 0 radical (unpaired) electrons. The fourth-order valence-corrected chi connectivity index (χ4v) is 2.45. The van der Waals surface area contributed by atoms with Crippen LogP contribution in [-0.2, 0) is 9.47 Å². The third-order valence-electron chi connectivity index (χ3n) is 3.11. The molecule has 0 bridgehead atoms. The van der Waals surface area contributed by atoms with Crippen molar-refractivity contribution in [1.29, 1.82) is 0 Å². The lowest BCUT2D eigenvalue weighted by atomic mass is 9.88. The molecule has 2 aliphatic heterocycles. The summed E-state index contributed by atoms with van der Waals surface area (Å²) in [6.45, 7) is 2.42. The Hall–Kier alpha value is -0.800. The van der Waals surface area contributed by atoms with Crippen LogP contribution in [-0.4, -0.2) is 31.9 Å². The zero-order valence-electron chi connectivity index (χ0n) is 8.16. The quantitative estimate of drug-likeness (QED) is 0.622. The third kappa shape index (κ3) is 1.28. The summed E-state index contributed by atoms with van der Waals surface area (Å²) in [7, 11) is 0. The van der Waals surface area contributed by atoms with E-state index in [4.69, 9.17) is 9.47 Å². The van der Waals surface area contributed by atoms with Crippen LogP contribution >= 0.6 is 0 Å². The van der Waals surface area contributed by atoms with Crippen molar-refractivity contribution in [3.8, 4) is 0 Å². The van der Waals surface area contributed by atoms with Crippen molar-refractivity contribution < 1.29 is 9.47 Å². The average molecular weight is 193 g/mol. The molecule has 0 spiro atoms. The van der Waals surface area contributed by atoms with E-state index < -0.39 is 0 Å². The number of hydrogen-bond donors (Lipinski definition) is 1. The van der Waals surface area contributed by atoms with E-state index in [0.29, 0.717) is 12.6 Å². The van der Waals surface area contributed by atoms with Crippen molar-refractivity contribution in [3.63, 3.8) is 0 Å². The van der Waals surface area contributed by atoms with E-state index in [-0.39, 0.29) is 6.10 Å². The van der Waals surface area contributed by atoms with Crippen LogP contribution < -0.4 is 5.32 Å². The SMILES string of the molecule is C1=CC2=C3OCCOC3CCC2NC1. The van der Waals surface area contributed by atoms with Gasteiger partial charge in [0.15, 0.2) is 0 Å². The van der Waals surface area contributed by atoms with Crippen molar-refractivity contribution >= 4 is 0 Å². The van der Waals surface area contributed by atoms with E-state index in [9.17, 15) is 0 Å². The molecule has 2 unspecified atom stereocenters. The minimum Gasteiger partial charge on any atom is -0.492 e. The van der Waals surface area contributed by atoms with E-state index in [1.165, 1.54) is 5.57 Å². The van der Waals surface area contributed by atoms with E-state index in [1.807, 2.05) is 0 Å². The molecule has 3 heteroatoms. The van der Waals surface area contributed by atoms with E-state index >= 15 is 0 Å². The second kappa shape index (κ2) is 3.41. The van der Waals surface area contributed by atoms with Gasteiger partial charge in [-0.3, -0.25) is 0 Å². The van der Waals surface area contributed by atoms with Gasteiger partial charge >= 0.3 is 0 Å². The predicted octanol–water partition coefficient (Wildman–Crippen LogP) is 0.978. The molecule has 1 aliphatic carbocycles. The van der Waals surface area contributed by atoms with Gasteiger partial charge in [-0.2, -0.15) is 0 Å². The van der Waals surface area contributed by atoms with Crippen LogP contribution in [0.2, 0.25) is 0 Å². The Balaban J connectivity index is 1.98. The molecular formula is C11H15NO2. The number of nitrogens with one attached hydrogen (secondary N) is 1. The van der Waals surface area contributed by atoms with Gasteiger partial charge in [0.25, 0.3) is 0 Å². The van der Waals surface area contributed by atoms with E-state index in [1.54, 1.807) is 0 Å². The average Bonchev–Trinajstić information content (AvgIpc) is 2.29. The molecule has 0 aromatic heterocycles. The minimum absolute atomic E-state index is 0.222. The fourth-order valence-electron chi connectivity index (χ4n) is 2.45. The topological polar surface area (TPSA) is 30.5 Å². The summed E-state index contributed by atoms with van der Waals surface area (Å²) < 4.78 is 11.4. The summed E-state index contributed by atoms with van der Waals surface area (Å²) in [4.78, 5) is 0. The van der Waals surface area contributed by atoms with Gasteiger partial charge in [-0.1, -0.05) is 12.2 Å². The van der Waals surface area contributed by atoms with Crippen molar-refractivity contribution in [2.45, 2.75) is 25.0 Å². The number of hydrogen-bond acceptors (Lipinski definition) is 3. The molecule has 0 amide bonds. The zero-order chi connectivity index (χ0) is 9.38. The van der Waals surface area contributed by atoms with Crippen LogP contribution in [0, 0.1) is 0 Å². The first kappa shape index (κ1) is 8.50. The van der Waals surface area contributed by atoms with Crippen LogP contribution in [0.15, 0.2) is 23.5 Å². The number of ether oxygens (including phenoxy) is 2. The molecule has 1 fully saturated rings. The lowest BCUT2D eigenvalue weighted by Gasteiger charge is -2.37. The van der Waals surface area contributed by atoms with Crippen LogP contribution in [0.1, 0.15) is 12.8 Å². The Morgan fingerprint density at radius 2 is 2.29 bits per heavy atom. The maximum absolute atomic E-state index is 5.71. The summed E-state index contributed by atoms with van der Waals surface area (Å²) in [6, 6.07) is 0.493. The van der Waals surface area contributed by atoms with Gasteiger partial charge in [0.1, 0.15) is 18.5 Å². The van der Waals surface area contributed by atoms with Crippen LogP contribution in [0.25, 0.3) is 0 Å². The maximum atomic E-state index is 5.71. The van der Waals surface area contributed by atoms with Gasteiger partial charge in [0, 0.05) is 18.2 Å². The van der Waals surface area contributed by atoms with Gasteiger partial charge in [0.2, 0.25) is 0 Å². The molecule has 76 valence electrons. The second-order valence-electron chi connectivity index (χ2n) is 3.97. The summed E-state index contributed by atoms with van der Waals surface area (Å²) >= 11 is 0. The van der Waals surface area contributed by atoms with Gasteiger partial charge in [-0.25, -0.2) is 0 Å². The van der Waals surface area contributed by atoms with Gasteiger partial charge in [0.05, 0.1) is 6.61 Å². The highest BCUT2D eigenvalue weighted by atomic mass is 16.6. The normalized spacial score (nSPS) is 36.0.